The first-order valence-electron chi connectivity index (χ1n) is 14.3. The lowest BCUT2D eigenvalue weighted by Crippen LogP contribution is -1.94. The number of para-hydroxylation sites is 1. The average molecular weight is 518 g/mol. The lowest BCUT2D eigenvalue weighted by Gasteiger charge is -2.14. The second-order valence-electron chi connectivity index (χ2n) is 11.3. The van der Waals surface area contributed by atoms with E-state index in [0.29, 0.717) is 0 Å². The van der Waals surface area contributed by atoms with Crippen LogP contribution in [-0.4, -0.2) is 4.57 Å². The Morgan fingerprint density at radius 1 is 0.341 bits per heavy atom. The van der Waals surface area contributed by atoms with Crippen LogP contribution in [0.1, 0.15) is 0 Å². The van der Waals surface area contributed by atoms with Gasteiger partial charge in [-0.3, -0.25) is 0 Å². The number of hydrogen-bond donors (Lipinski definition) is 0. The molecule has 0 unspecified atom stereocenters. The van der Waals surface area contributed by atoms with Crippen LogP contribution in [0.15, 0.2) is 140 Å². The van der Waals surface area contributed by atoms with Crippen LogP contribution in [0, 0.1) is 0 Å². The van der Waals surface area contributed by atoms with Crippen LogP contribution in [0.3, 0.4) is 0 Å². The molecule has 1 heterocycles. The molecule has 0 fully saturated rings. The van der Waals surface area contributed by atoms with Crippen molar-refractivity contribution in [1.82, 2.24) is 4.57 Å². The number of nitrogens with zero attached hydrogens (tertiary/aromatic N) is 1. The monoisotopic (exact) mass is 517 g/mol. The molecule has 0 spiro atoms. The number of hydrogen-bond acceptors (Lipinski definition) is 0. The highest BCUT2D eigenvalue weighted by molar-refractivity contribution is 6.28. The van der Waals surface area contributed by atoms with Gasteiger partial charge in [0, 0.05) is 22.0 Å². The zero-order valence-electron chi connectivity index (χ0n) is 22.2. The zero-order valence-corrected chi connectivity index (χ0v) is 22.2. The molecule has 0 saturated heterocycles. The third-order valence-corrected chi connectivity index (χ3v) is 9.29. The van der Waals surface area contributed by atoms with Crippen molar-refractivity contribution < 1.29 is 0 Å². The predicted octanol–water partition coefficient (Wildman–Crippen LogP) is 11.0. The molecule has 188 valence electrons. The molecule has 0 saturated carbocycles. The topological polar surface area (TPSA) is 4.93 Å². The molecule has 1 heteroatoms. The maximum atomic E-state index is 2.47. The summed E-state index contributed by atoms with van der Waals surface area (Å²) in [4.78, 5) is 0. The lowest BCUT2D eigenvalue weighted by atomic mass is 9.94. The first-order valence-corrected chi connectivity index (χ1v) is 14.3. The van der Waals surface area contributed by atoms with Crippen molar-refractivity contribution >= 4 is 64.9 Å². The molecule has 41 heavy (non-hydrogen) atoms. The van der Waals surface area contributed by atoms with E-state index in [4.69, 9.17) is 0 Å². The van der Waals surface area contributed by atoms with Gasteiger partial charge in [-0.05, 0) is 84.0 Å². The SMILES string of the molecule is c1cc2c3c(cccc3c1)-c1c-2ccc2c1c1ccccc1n2-c1ccc2c3ccccc3c3ccccc3c2c1. The minimum atomic E-state index is 1.19. The van der Waals surface area contributed by atoms with E-state index in [0.717, 1.165) is 0 Å². The Morgan fingerprint density at radius 3 is 1.68 bits per heavy atom. The van der Waals surface area contributed by atoms with Crippen LogP contribution >= 0.6 is 0 Å². The Kier molecular flexibility index (Phi) is 3.98. The first-order chi connectivity index (χ1) is 20.4. The second kappa shape index (κ2) is 7.62. The Labute approximate surface area is 236 Å². The molecular formula is C40H23N. The smallest absolute Gasteiger partial charge is 0.0547 e. The highest BCUT2D eigenvalue weighted by Crippen LogP contribution is 2.52. The van der Waals surface area contributed by atoms with Gasteiger partial charge in [0.15, 0.2) is 0 Å². The van der Waals surface area contributed by atoms with Crippen molar-refractivity contribution in [3.63, 3.8) is 0 Å². The van der Waals surface area contributed by atoms with Crippen LogP contribution in [0.2, 0.25) is 0 Å². The quantitative estimate of drug-likeness (QED) is 0.191. The Bertz CT molecular complexity index is 2540. The zero-order chi connectivity index (χ0) is 26.7. The summed E-state index contributed by atoms with van der Waals surface area (Å²) in [5.41, 5.74) is 9.07. The van der Waals surface area contributed by atoms with E-state index in [-0.39, 0.29) is 0 Å². The molecule has 0 bridgehead atoms. The highest BCUT2D eigenvalue weighted by atomic mass is 15.0. The van der Waals surface area contributed by atoms with Gasteiger partial charge in [-0.2, -0.15) is 0 Å². The third-order valence-electron chi connectivity index (χ3n) is 9.29. The Hall–Kier alpha value is -5.40. The van der Waals surface area contributed by atoms with E-state index < -0.39 is 0 Å². The van der Waals surface area contributed by atoms with Gasteiger partial charge in [0.2, 0.25) is 0 Å². The van der Waals surface area contributed by atoms with Gasteiger partial charge in [0.1, 0.15) is 0 Å². The molecular weight excluding hydrogens is 494 g/mol. The van der Waals surface area contributed by atoms with Crippen molar-refractivity contribution in [1.29, 1.82) is 0 Å². The fourth-order valence-electron chi connectivity index (χ4n) is 7.65. The second-order valence-corrected chi connectivity index (χ2v) is 11.3. The van der Waals surface area contributed by atoms with Gasteiger partial charge in [0.25, 0.3) is 0 Å². The van der Waals surface area contributed by atoms with Crippen LogP contribution in [0.5, 0.6) is 0 Å². The summed E-state index contributed by atoms with van der Waals surface area (Å²) in [6.07, 6.45) is 0. The normalized spacial score (nSPS) is 12.4. The summed E-state index contributed by atoms with van der Waals surface area (Å²) < 4.78 is 2.47. The largest absolute Gasteiger partial charge is 0.309 e. The maximum Gasteiger partial charge on any atom is 0.0547 e. The number of benzene rings is 8. The summed E-state index contributed by atoms with van der Waals surface area (Å²) in [7, 11) is 0. The van der Waals surface area contributed by atoms with Crippen molar-refractivity contribution in [2.45, 2.75) is 0 Å². The molecule has 9 aromatic rings. The first kappa shape index (κ1) is 21.4. The molecule has 10 rings (SSSR count). The molecule has 1 nitrogen and oxygen atoms in total. The third kappa shape index (κ3) is 2.66. The van der Waals surface area contributed by atoms with Gasteiger partial charge in [-0.1, -0.05) is 115 Å². The summed E-state index contributed by atoms with van der Waals surface area (Å²) in [6.45, 7) is 0. The summed E-state index contributed by atoms with van der Waals surface area (Å²) in [5.74, 6) is 0. The van der Waals surface area contributed by atoms with Crippen molar-refractivity contribution in [2.24, 2.45) is 0 Å². The summed E-state index contributed by atoms with van der Waals surface area (Å²) in [5, 5.41) is 13.1. The fraction of sp³-hybridized carbons (Fsp3) is 0. The number of rotatable bonds is 1. The predicted molar refractivity (Wildman–Crippen MR) is 175 cm³/mol. The van der Waals surface area contributed by atoms with Crippen LogP contribution in [-0.2, 0) is 0 Å². The van der Waals surface area contributed by atoms with Gasteiger partial charge in [-0.15, -0.1) is 0 Å². The Morgan fingerprint density at radius 2 is 0.951 bits per heavy atom. The molecule has 0 atom stereocenters. The molecule has 0 N–H and O–H groups in total. The van der Waals surface area contributed by atoms with E-state index in [1.807, 2.05) is 0 Å². The molecule has 8 aromatic carbocycles. The summed E-state index contributed by atoms with van der Waals surface area (Å²) in [6, 6.07) is 51.7. The van der Waals surface area contributed by atoms with Crippen LogP contribution in [0.4, 0.5) is 0 Å². The standard InChI is InChI=1S/C40H23N/c1-2-13-28-26(11-1)27-12-3-4-14-29(27)35-23-25(19-20-30(28)35)41-36-18-6-5-15-33(36)40-37(41)22-21-32-31-16-7-9-24-10-8-17-34(38(24)31)39(32)40/h1-23H. The Balaban J connectivity index is 1.35. The van der Waals surface area contributed by atoms with Gasteiger partial charge in [-0.25, -0.2) is 0 Å². The average Bonchev–Trinajstić information content (AvgIpc) is 3.55. The molecule has 1 aliphatic rings. The number of aromatic nitrogens is 1. The van der Waals surface area contributed by atoms with E-state index in [1.165, 1.54) is 92.8 Å². The molecule has 0 aliphatic heterocycles. The minimum absolute atomic E-state index is 1.19. The molecule has 0 amide bonds. The van der Waals surface area contributed by atoms with E-state index in [1.54, 1.807) is 0 Å². The van der Waals surface area contributed by atoms with Crippen molar-refractivity contribution in [2.75, 3.05) is 0 Å². The minimum Gasteiger partial charge on any atom is -0.309 e. The molecule has 1 aliphatic carbocycles. The highest BCUT2D eigenvalue weighted by Gasteiger charge is 2.26. The van der Waals surface area contributed by atoms with E-state index >= 15 is 0 Å². The van der Waals surface area contributed by atoms with Crippen LogP contribution in [0.25, 0.3) is 92.8 Å². The van der Waals surface area contributed by atoms with E-state index in [9.17, 15) is 0 Å². The molecule has 1 aromatic heterocycles. The fourth-order valence-corrected chi connectivity index (χ4v) is 7.65. The van der Waals surface area contributed by atoms with Crippen molar-refractivity contribution in [3.8, 4) is 27.9 Å². The van der Waals surface area contributed by atoms with E-state index in [2.05, 4.69) is 144 Å². The van der Waals surface area contributed by atoms with Gasteiger partial charge in [0.05, 0.1) is 11.0 Å². The van der Waals surface area contributed by atoms with Gasteiger partial charge < -0.3 is 4.57 Å². The maximum absolute atomic E-state index is 2.47. The number of fused-ring (bicyclic) bond motifs is 13. The summed E-state index contributed by atoms with van der Waals surface area (Å²) >= 11 is 0. The molecule has 0 radical (unpaired) electrons. The van der Waals surface area contributed by atoms with Gasteiger partial charge >= 0.3 is 0 Å². The van der Waals surface area contributed by atoms with Crippen molar-refractivity contribution in [3.05, 3.63) is 140 Å². The lowest BCUT2D eigenvalue weighted by molar-refractivity contribution is 1.19. The van der Waals surface area contributed by atoms with Crippen LogP contribution < -0.4 is 0 Å².